The topological polar surface area (TPSA) is 198 Å². The average molecular weight is 975 g/mol. The van der Waals surface area contributed by atoms with Crippen LogP contribution < -0.4 is 16.1 Å². The number of hydrogen-bond acceptors (Lipinski definition) is 11. The van der Waals surface area contributed by atoms with Gasteiger partial charge in [0.2, 0.25) is 11.8 Å². The predicted molar refractivity (Wildman–Crippen MR) is 265 cm³/mol. The molecule has 4 aromatic rings. The van der Waals surface area contributed by atoms with Gasteiger partial charge in [-0.3, -0.25) is 39.3 Å². The molecule has 4 N–H and O–H groups in total. The molecule has 2 aromatic carbocycles. The number of likely N-dealkylation sites (N-methyl/N-ethyl adjacent to an activating group) is 2. The Labute approximate surface area is 414 Å². The number of phenols is 1. The number of hydrogen-bond donors (Lipinski definition) is 4. The number of alkyl halides is 1. The third kappa shape index (κ3) is 10.2. The van der Waals surface area contributed by atoms with Gasteiger partial charge < -0.3 is 34.3 Å². The molecule has 5 atom stereocenters. The molecule has 5 heterocycles. The van der Waals surface area contributed by atoms with Crippen molar-refractivity contribution in [2.45, 2.75) is 134 Å². The molecule has 17 heteroatoms. The molecule has 71 heavy (non-hydrogen) atoms. The van der Waals surface area contributed by atoms with Crippen molar-refractivity contribution in [2.75, 3.05) is 40.9 Å². The fourth-order valence-electron chi connectivity index (χ4n) is 10.9. The normalized spacial score (nSPS) is 23.1. The zero-order valence-electron chi connectivity index (χ0n) is 41.9. The molecule has 2 saturated heterocycles. The zero-order chi connectivity index (χ0) is 50.5. The van der Waals surface area contributed by atoms with E-state index in [1.165, 1.54) is 28.9 Å². The lowest BCUT2D eigenvalue weighted by atomic mass is 9.84. The van der Waals surface area contributed by atoms with E-state index in [2.05, 4.69) is 59.6 Å². The second-order valence-corrected chi connectivity index (χ2v) is 21.0. The number of carbonyl (C=O) groups is 5. The maximum Gasteiger partial charge on any atom is 0.324 e. The van der Waals surface area contributed by atoms with Crippen molar-refractivity contribution in [2.24, 2.45) is 5.41 Å². The lowest BCUT2D eigenvalue weighted by Gasteiger charge is -2.36. The van der Waals surface area contributed by atoms with E-state index in [-0.39, 0.29) is 43.7 Å². The first-order valence-electron chi connectivity index (χ1n) is 25.1. The van der Waals surface area contributed by atoms with Gasteiger partial charge in [-0.1, -0.05) is 26.0 Å². The van der Waals surface area contributed by atoms with Crippen LogP contribution in [0.4, 0.5) is 4.39 Å². The fraction of sp³-hybridized carbons (Fsp3) is 0.519. The van der Waals surface area contributed by atoms with Crippen LogP contribution in [0.5, 0.6) is 5.75 Å². The molecule has 9 rings (SSSR count). The van der Waals surface area contributed by atoms with Crippen LogP contribution in [0, 0.1) is 5.41 Å². The van der Waals surface area contributed by atoms with Gasteiger partial charge in [-0.05, 0) is 136 Å². The number of cyclic esters (lactones) is 1. The number of aromatic hydroxyl groups is 1. The number of nitrogens with zero attached hydrogens (tertiary/aromatic N) is 5. The number of aromatic nitrogens is 2. The number of pyridine rings is 1. The second-order valence-electron chi connectivity index (χ2n) is 21.0. The Morgan fingerprint density at radius 2 is 1.82 bits per heavy atom. The molecule has 4 fully saturated rings. The first-order chi connectivity index (χ1) is 33.9. The largest absolute Gasteiger partial charge is 0.508 e. The Balaban J connectivity index is 1.08. The SMILES string of the molecule is CCn1c(-c2cccnc2[C@H](C)OC)c2c3cc(ccc31)-c1cc(O)cc(c1)C[C@H](NC(=O)C(=C1CCCC1)N(C)C(=O)CN(C)C(=O)[C@H]1N[C@H]1C1(F)CC1)C(=O)N1CCC[C@H](N1)C(=O)OCC(C)(C)C2. The molecule has 16 nitrogen and oxygen atoms in total. The van der Waals surface area contributed by atoms with Gasteiger partial charge in [0.25, 0.3) is 11.8 Å². The molecule has 2 aromatic heterocycles. The summed E-state index contributed by atoms with van der Waals surface area (Å²) in [6.07, 6.45) is 6.39. The first-order valence-corrected chi connectivity index (χ1v) is 25.1. The van der Waals surface area contributed by atoms with Crippen molar-refractivity contribution in [3.63, 3.8) is 0 Å². The number of hydrazine groups is 1. The minimum Gasteiger partial charge on any atom is -0.508 e. The van der Waals surface area contributed by atoms with E-state index in [1.807, 2.05) is 25.1 Å². The lowest BCUT2D eigenvalue weighted by molar-refractivity contribution is -0.155. The van der Waals surface area contributed by atoms with E-state index in [4.69, 9.17) is 14.5 Å². The number of benzene rings is 2. The number of carbonyl (C=O) groups excluding carboxylic acids is 5. The second kappa shape index (κ2) is 19.8. The lowest BCUT2D eigenvalue weighted by Crippen LogP contribution is -2.60. The smallest absolute Gasteiger partial charge is 0.324 e. The summed E-state index contributed by atoms with van der Waals surface area (Å²) in [7, 11) is 4.65. The van der Waals surface area contributed by atoms with Crippen molar-refractivity contribution in [1.29, 1.82) is 0 Å². The number of halogens is 1. The van der Waals surface area contributed by atoms with Gasteiger partial charge in [-0.25, -0.2) is 9.82 Å². The minimum absolute atomic E-state index is 0.0329. The van der Waals surface area contributed by atoms with Crippen molar-refractivity contribution >= 4 is 40.5 Å². The summed E-state index contributed by atoms with van der Waals surface area (Å²) in [4.78, 5) is 78.2. The molecule has 378 valence electrons. The maximum absolute atomic E-state index is 14.9. The number of allylic oxidation sites excluding steroid dienone is 1. The van der Waals surface area contributed by atoms with E-state index in [0.717, 1.165) is 57.4 Å². The van der Waals surface area contributed by atoms with E-state index in [1.54, 1.807) is 25.4 Å². The Bertz CT molecular complexity index is 2790. The number of fused-ring (bicyclic) bond motifs is 6. The van der Waals surface area contributed by atoms with Crippen LogP contribution in [0.3, 0.4) is 0 Å². The van der Waals surface area contributed by atoms with Crippen LogP contribution in [0.2, 0.25) is 0 Å². The van der Waals surface area contributed by atoms with Gasteiger partial charge in [0.15, 0.2) is 0 Å². The quantitative estimate of drug-likeness (QED) is 0.0777. The van der Waals surface area contributed by atoms with Crippen molar-refractivity contribution in [1.82, 2.24) is 40.4 Å². The highest BCUT2D eigenvalue weighted by atomic mass is 19.1. The minimum atomic E-state index is -1.38. The third-order valence-corrected chi connectivity index (χ3v) is 15.0. The van der Waals surface area contributed by atoms with Gasteiger partial charge in [-0.2, -0.15) is 0 Å². The number of amides is 4. The molecule has 0 unspecified atom stereocenters. The number of esters is 1. The van der Waals surface area contributed by atoms with Crippen LogP contribution in [-0.4, -0.2) is 130 Å². The summed E-state index contributed by atoms with van der Waals surface area (Å²) in [6, 6.07) is 12.0. The van der Waals surface area contributed by atoms with Gasteiger partial charge in [0.1, 0.15) is 35.2 Å². The standard InChI is InChI=1S/C54H67FN8O8/c1-8-62-42-18-17-34-27-38(42)39(47(62)37-15-11-21-56-44(37)31(2)70-7)28-53(3,4)30-71-52(69)40-16-12-22-63(59-40)50(67)41(25-32-23-35(34)26-36(64)24-32)57-49(66)46(33-13-9-10-14-33)61(6)43(65)29-60(5)51(68)45-48(58-45)54(55)19-20-54/h11,15,17-18,21,23-24,26-27,31,40-41,45,48,58-59,64H,8-10,12-14,16,19-20,22,25,28-30H2,1-7H3,(H,57,66)/t31-,40-,41-,45-,48+/m0/s1. The van der Waals surface area contributed by atoms with Crippen LogP contribution in [0.1, 0.15) is 102 Å². The zero-order valence-corrected chi connectivity index (χ0v) is 41.9. The highest BCUT2D eigenvalue weighted by Gasteiger charge is 2.63. The molecule has 2 saturated carbocycles. The number of phenolic OH excluding ortho intramolecular Hbond substituents is 1. The molecule has 3 aliphatic heterocycles. The number of methoxy groups -OCH3 is 1. The van der Waals surface area contributed by atoms with Gasteiger partial charge in [0.05, 0.1) is 36.7 Å². The number of rotatable bonds is 11. The Morgan fingerprint density at radius 3 is 2.54 bits per heavy atom. The number of aryl methyl sites for hydroxylation is 1. The Kier molecular flexibility index (Phi) is 13.9. The summed E-state index contributed by atoms with van der Waals surface area (Å²) >= 11 is 0. The van der Waals surface area contributed by atoms with Gasteiger partial charge in [0, 0.05) is 68.8 Å². The Morgan fingerprint density at radius 1 is 1.06 bits per heavy atom. The van der Waals surface area contributed by atoms with Crippen molar-refractivity contribution < 1.29 is 42.9 Å². The monoisotopic (exact) mass is 975 g/mol. The summed E-state index contributed by atoms with van der Waals surface area (Å²) in [5.41, 5.74) is 8.86. The third-order valence-electron chi connectivity index (χ3n) is 15.0. The summed E-state index contributed by atoms with van der Waals surface area (Å²) < 4.78 is 28.9. The van der Waals surface area contributed by atoms with E-state index >= 15 is 0 Å². The molecule has 0 radical (unpaired) electrons. The highest BCUT2D eigenvalue weighted by Crippen LogP contribution is 2.48. The molecule has 0 spiro atoms. The van der Waals surface area contributed by atoms with Crippen LogP contribution >= 0.6 is 0 Å². The molecule has 5 aliphatic rings. The van der Waals surface area contributed by atoms with Crippen LogP contribution in [0.15, 0.2) is 66.0 Å². The first kappa shape index (κ1) is 49.8. The fourth-order valence-corrected chi connectivity index (χ4v) is 10.9. The Hall–Kier alpha value is -6.17. The summed E-state index contributed by atoms with van der Waals surface area (Å²) in [5, 5.41) is 19.7. The van der Waals surface area contributed by atoms with Crippen molar-refractivity contribution in [3.05, 3.63) is 82.8 Å². The average Bonchev–Trinajstić information content (AvgIpc) is 4.24. The molecular formula is C54H67FN8O8. The van der Waals surface area contributed by atoms with E-state index in [0.29, 0.717) is 62.6 Å². The van der Waals surface area contributed by atoms with Gasteiger partial charge >= 0.3 is 5.97 Å². The van der Waals surface area contributed by atoms with E-state index in [9.17, 15) is 33.5 Å². The predicted octanol–water partition coefficient (Wildman–Crippen LogP) is 6.04. The van der Waals surface area contributed by atoms with E-state index < -0.39 is 64.8 Å². The molecular weight excluding hydrogens is 908 g/mol. The summed E-state index contributed by atoms with van der Waals surface area (Å²) in [6.45, 7) is 8.85. The number of nitrogens with one attached hydrogen (secondary N) is 3. The number of ether oxygens (including phenoxy) is 2. The summed E-state index contributed by atoms with van der Waals surface area (Å²) in [5.74, 6) is -2.61. The van der Waals surface area contributed by atoms with Crippen LogP contribution in [-0.2, 0) is 52.8 Å². The molecule has 4 amide bonds. The maximum atomic E-state index is 14.9. The molecule has 6 bridgehead atoms. The van der Waals surface area contributed by atoms with Gasteiger partial charge in [-0.15, -0.1) is 0 Å². The highest BCUT2D eigenvalue weighted by molar-refractivity contribution is 6.01. The van der Waals surface area contributed by atoms with Crippen LogP contribution in [0.25, 0.3) is 33.3 Å². The van der Waals surface area contributed by atoms with Crippen molar-refractivity contribution in [3.8, 4) is 28.1 Å². The molecule has 2 aliphatic carbocycles.